The fourth-order valence-corrected chi connectivity index (χ4v) is 2.89. The highest BCUT2D eigenvalue weighted by Crippen LogP contribution is 2.21. The van der Waals surface area contributed by atoms with E-state index >= 15 is 0 Å². The van der Waals surface area contributed by atoms with Crippen LogP contribution in [-0.2, 0) is 0 Å². The number of benzene rings is 1. The molecule has 2 aromatic rings. The summed E-state index contributed by atoms with van der Waals surface area (Å²) in [6.07, 6.45) is 2.04. The Morgan fingerprint density at radius 3 is 2.40 bits per heavy atom. The monoisotopic (exact) mass is 360 g/mol. The molecule has 134 valence electrons. The second-order valence-corrected chi connectivity index (χ2v) is 6.50. The molecule has 0 saturated carbocycles. The molecule has 0 radical (unpaired) electrons. The van der Waals surface area contributed by atoms with Crippen LogP contribution in [0.2, 0.25) is 5.02 Å². The van der Waals surface area contributed by atoms with Gasteiger partial charge in [-0.1, -0.05) is 25.4 Å². The van der Waals surface area contributed by atoms with Crippen LogP contribution in [-0.4, -0.2) is 29.0 Å². The first-order chi connectivity index (χ1) is 11.9. The maximum atomic E-state index is 12.6. The van der Waals surface area contributed by atoms with Gasteiger partial charge in [0.05, 0.1) is 0 Å². The van der Waals surface area contributed by atoms with Crippen molar-refractivity contribution in [1.29, 1.82) is 0 Å². The Labute approximate surface area is 154 Å². The highest BCUT2D eigenvalue weighted by Gasteiger charge is 2.15. The number of aryl methyl sites for hydroxylation is 2. The van der Waals surface area contributed by atoms with E-state index in [0.29, 0.717) is 16.5 Å². The Bertz CT molecular complexity index is 742. The minimum Gasteiger partial charge on any atom is -0.357 e. The van der Waals surface area contributed by atoms with Crippen molar-refractivity contribution >= 4 is 29.0 Å². The molecular weight excluding hydrogens is 336 g/mol. The van der Waals surface area contributed by atoms with Crippen molar-refractivity contribution in [3.63, 3.8) is 0 Å². The van der Waals surface area contributed by atoms with Crippen LogP contribution in [0.5, 0.6) is 0 Å². The van der Waals surface area contributed by atoms with Gasteiger partial charge in [-0.2, -0.15) is 0 Å². The Morgan fingerprint density at radius 2 is 1.80 bits per heavy atom. The van der Waals surface area contributed by atoms with E-state index in [1.807, 2.05) is 19.9 Å². The third-order valence-corrected chi connectivity index (χ3v) is 4.04. The normalized spacial score (nSPS) is 10.6. The zero-order valence-electron chi connectivity index (χ0n) is 15.3. The number of nitrogens with one attached hydrogen (secondary N) is 1. The van der Waals surface area contributed by atoms with Crippen LogP contribution in [0.1, 0.15) is 48.6 Å². The second-order valence-electron chi connectivity index (χ2n) is 6.06. The van der Waals surface area contributed by atoms with E-state index in [0.717, 1.165) is 43.0 Å². The standard InChI is InChI=1S/C19H25ClN4O/c1-5-9-24(10-6-2)18-12-17(21-14(4)22-18)19(25)23-16-8-7-15(20)11-13(16)3/h7-8,11-12H,5-6,9-10H2,1-4H3,(H,23,25). The van der Waals surface area contributed by atoms with E-state index in [1.165, 1.54) is 0 Å². The Hall–Kier alpha value is -2.14. The molecule has 0 fully saturated rings. The maximum Gasteiger partial charge on any atom is 0.274 e. The fourth-order valence-electron chi connectivity index (χ4n) is 2.66. The van der Waals surface area contributed by atoms with Crippen molar-refractivity contribution in [3.05, 3.63) is 46.4 Å². The van der Waals surface area contributed by atoms with Crippen molar-refractivity contribution in [3.8, 4) is 0 Å². The lowest BCUT2D eigenvalue weighted by molar-refractivity contribution is 0.102. The van der Waals surface area contributed by atoms with Crippen molar-refractivity contribution < 1.29 is 4.79 Å². The van der Waals surface area contributed by atoms with Gasteiger partial charge in [0.15, 0.2) is 0 Å². The minimum atomic E-state index is -0.245. The third kappa shape index (κ3) is 5.16. The summed E-state index contributed by atoms with van der Waals surface area (Å²) < 4.78 is 0. The van der Waals surface area contributed by atoms with E-state index in [4.69, 9.17) is 11.6 Å². The molecule has 0 unspecified atom stereocenters. The molecule has 0 atom stereocenters. The molecule has 0 bridgehead atoms. The summed E-state index contributed by atoms with van der Waals surface area (Å²) in [7, 11) is 0. The van der Waals surface area contributed by atoms with E-state index in [-0.39, 0.29) is 5.91 Å². The minimum absolute atomic E-state index is 0.245. The smallest absolute Gasteiger partial charge is 0.274 e. The van der Waals surface area contributed by atoms with Gasteiger partial charge in [0.25, 0.3) is 5.91 Å². The molecule has 1 aromatic carbocycles. The number of carbonyl (C=O) groups is 1. The average molecular weight is 361 g/mol. The number of aromatic nitrogens is 2. The number of amides is 1. The molecule has 0 saturated heterocycles. The summed E-state index contributed by atoms with van der Waals surface area (Å²) in [5.74, 6) is 1.15. The van der Waals surface area contributed by atoms with Crippen LogP contribution >= 0.6 is 11.6 Å². The molecule has 1 heterocycles. The van der Waals surface area contributed by atoms with Gasteiger partial charge in [0, 0.05) is 29.9 Å². The van der Waals surface area contributed by atoms with Crippen molar-refractivity contribution in [2.45, 2.75) is 40.5 Å². The lowest BCUT2D eigenvalue weighted by atomic mass is 10.2. The van der Waals surface area contributed by atoms with Crippen LogP contribution in [0.25, 0.3) is 0 Å². The summed E-state index contributed by atoms with van der Waals surface area (Å²) in [6, 6.07) is 7.13. The van der Waals surface area contributed by atoms with Gasteiger partial charge in [0.2, 0.25) is 0 Å². The topological polar surface area (TPSA) is 58.1 Å². The van der Waals surface area contributed by atoms with Gasteiger partial charge < -0.3 is 10.2 Å². The first-order valence-corrected chi connectivity index (χ1v) is 9.00. The fraction of sp³-hybridized carbons (Fsp3) is 0.421. The molecule has 1 aromatic heterocycles. The maximum absolute atomic E-state index is 12.6. The summed E-state index contributed by atoms with van der Waals surface area (Å²) in [6.45, 7) is 9.79. The van der Waals surface area contributed by atoms with Crippen LogP contribution < -0.4 is 10.2 Å². The summed E-state index contributed by atoms with van der Waals surface area (Å²) in [5.41, 5.74) is 2.01. The highest BCUT2D eigenvalue weighted by atomic mass is 35.5. The molecular formula is C19H25ClN4O. The summed E-state index contributed by atoms with van der Waals surface area (Å²) >= 11 is 5.97. The van der Waals surface area contributed by atoms with Gasteiger partial charge in [-0.3, -0.25) is 4.79 Å². The lowest BCUT2D eigenvalue weighted by Gasteiger charge is -2.23. The summed E-state index contributed by atoms with van der Waals surface area (Å²) in [5, 5.41) is 3.55. The van der Waals surface area contributed by atoms with Gasteiger partial charge in [-0.05, 0) is 50.5 Å². The Balaban J connectivity index is 2.27. The van der Waals surface area contributed by atoms with Gasteiger partial charge in [0.1, 0.15) is 17.3 Å². The van der Waals surface area contributed by atoms with E-state index < -0.39 is 0 Å². The second kappa shape index (κ2) is 8.81. The van der Waals surface area contributed by atoms with Crippen LogP contribution in [0, 0.1) is 13.8 Å². The molecule has 1 N–H and O–H groups in total. The van der Waals surface area contributed by atoms with E-state index in [1.54, 1.807) is 18.2 Å². The number of hydrogen-bond donors (Lipinski definition) is 1. The highest BCUT2D eigenvalue weighted by molar-refractivity contribution is 6.30. The quantitative estimate of drug-likeness (QED) is 0.782. The zero-order chi connectivity index (χ0) is 18.4. The molecule has 5 nitrogen and oxygen atoms in total. The molecule has 0 spiro atoms. The third-order valence-electron chi connectivity index (χ3n) is 3.80. The molecule has 0 aliphatic rings. The van der Waals surface area contributed by atoms with Gasteiger partial charge >= 0.3 is 0 Å². The Morgan fingerprint density at radius 1 is 1.12 bits per heavy atom. The Kier molecular flexibility index (Phi) is 6.76. The molecule has 1 amide bonds. The summed E-state index contributed by atoms with van der Waals surface area (Å²) in [4.78, 5) is 23.6. The van der Waals surface area contributed by atoms with Gasteiger partial charge in [-0.25, -0.2) is 9.97 Å². The largest absolute Gasteiger partial charge is 0.357 e. The van der Waals surface area contributed by atoms with Crippen molar-refractivity contribution in [1.82, 2.24) is 9.97 Å². The van der Waals surface area contributed by atoms with Crippen LogP contribution in [0.15, 0.2) is 24.3 Å². The zero-order valence-corrected chi connectivity index (χ0v) is 16.0. The molecule has 25 heavy (non-hydrogen) atoms. The van der Waals surface area contributed by atoms with E-state index in [2.05, 4.69) is 34.0 Å². The number of rotatable bonds is 7. The first-order valence-electron chi connectivity index (χ1n) is 8.62. The number of halogens is 1. The van der Waals surface area contributed by atoms with Crippen LogP contribution in [0.4, 0.5) is 11.5 Å². The van der Waals surface area contributed by atoms with E-state index in [9.17, 15) is 4.79 Å². The molecule has 6 heteroatoms. The number of anilines is 2. The number of hydrogen-bond acceptors (Lipinski definition) is 4. The van der Waals surface area contributed by atoms with Crippen molar-refractivity contribution in [2.75, 3.05) is 23.3 Å². The molecule has 0 aliphatic heterocycles. The number of nitrogens with zero attached hydrogens (tertiary/aromatic N) is 3. The van der Waals surface area contributed by atoms with Crippen molar-refractivity contribution in [2.24, 2.45) is 0 Å². The molecule has 2 rings (SSSR count). The average Bonchev–Trinajstić information content (AvgIpc) is 2.56. The van der Waals surface area contributed by atoms with Gasteiger partial charge in [-0.15, -0.1) is 0 Å². The van der Waals surface area contributed by atoms with Crippen LogP contribution in [0.3, 0.4) is 0 Å². The molecule has 0 aliphatic carbocycles. The predicted molar refractivity (Wildman–Crippen MR) is 104 cm³/mol. The lowest BCUT2D eigenvalue weighted by Crippen LogP contribution is -2.27. The SMILES string of the molecule is CCCN(CCC)c1cc(C(=O)Nc2ccc(Cl)cc2C)nc(C)n1. The predicted octanol–water partition coefficient (Wildman–Crippen LogP) is 4.63. The number of carbonyl (C=O) groups excluding carboxylic acids is 1. The first kappa shape index (κ1) is 19.2.